The van der Waals surface area contributed by atoms with E-state index in [9.17, 15) is 15.2 Å². The number of hydrogen-bond acceptors (Lipinski definition) is 4. The predicted molar refractivity (Wildman–Crippen MR) is 57.6 cm³/mol. The summed E-state index contributed by atoms with van der Waals surface area (Å²) in [6.45, 7) is 1.72. The number of imidazole rings is 1. The minimum atomic E-state index is -0.803. The number of aryl methyl sites for hydroxylation is 1. The highest BCUT2D eigenvalue weighted by atomic mass is 35.5. The second-order valence-electron chi connectivity index (χ2n) is 2.84. The minimum absolute atomic E-state index is 0. The third-order valence-electron chi connectivity index (χ3n) is 1.79. The Morgan fingerprint density at radius 2 is 2.40 bits per heavy atom. The summed E-state index contributed by atoms with van der Waals surface area (Å²) in [5, 5.41) is 19.8. The second kappa shape index (κ2) is 5.89. The van der Waals surface area contributed by atoms with Gasteiger partial charge in [-0.25, -0.2) is 9.55 Å². The highest BCUT2D eigenvalue weighted by Crippen LogP contribution is 2.14. The number of aliphatic hydroxyl groups is 1. The molecule has 0 aliphatic heterocycles. The molecule has 8 heteroatoms. The zero-order chi connectivity index (χ0) is 10.7. The fraction of sp³-hybridized carbons (Fsp3) is 0.571. The van der Waals surface area contributed by atoms with E-state index < -0.39 is 11.0 Å². The van der Waals surface area contributed by atoms with E-state index in [0.717, 1.165) is 6.20 Å². The number of nitrogens with zero attached hydrogens (tertiary/aromatic N) is 3. The van der Waals surface area contributed by atoms with Gasteiger partial charge in [-0.1, -0.05) is 0 Å². The molecule has 0 amide bonds. The molecule has 1 atom stereocenters. The number of alkyl halides is 1. The largest absolute Gasteiger partial charge is 0.388 e. The van der Waals surface area contributed by atoms with Crippen molar-refractivity contribution in [3.63, 3.8) is 0 Å². The lowest BCUT2D eigenvalue weighted by Crippen LogP contribution is -2.19. The molecule has 1 aromatic heterocycles. The van der Waals surface area contributed by atoms with E-state index in [0.29, 0.717) is 5.82 Å². The van der Waals surface area contributed by atoms with Gasteiger partial charge in [0.05, 0.1) is 5.88 Å². The van der Waals surface area contributed by atoms with Crippen LogP contribution in [0.5, 0.6) is 0 Å². The van der Waals surface area contributed by atoms with Crippen LogP contribution in [0.3, 0.4) is 0 Å². The van der Waals surface area contributed by atoms with Crippen molar-refractivity contribution in [2.24, 2.45) is 0 Å². The van der Waals surface area contributed by atoms with E-state index in [1.807, 2.05) is 0 Å². The molecule has 1 aromatic rings. The number of nitro groups is 1. The van der Waals surface area contributed by atoms with E-state index in [1.165, 1.54) is 4.57 Å². The van der Waals surface area contributed by atoms with Crippen molar-refractivity contribution in [2.75, 3.05) is 5.88 Å². The summed E-state index contributed by atoms with van der Waals surface area (Å²) in [4.78, 5) is 13.8. The van der Waals surface area contributed by atoms with Crippen molar-refractivity contribution in [3.8, 4) is 0 Å². The number of halogens is 2. The first-order valence-electron chi connectivity index (χ1n) is 3.96. The molecule has 0 bridgehead atoms. The molecule has 0 saturated carbocycles. The first kappa shape index (κ1) is 14.2. The highest BCUT2D eigenvalue weighted by Gasteiger charge is 2.19. The van der Waals surface area contributed by atoms with Crippen molar-refractivity contribution in [1.29, 1.82) is 0 Å². The van der Waals surface area contributed by atoms with Crippen LogP contribution >= 0.6 is 24.0 Å². The number of aliphatic hydroxyl groups excluding tert-OH is 1. The Morgan fingerprint density at radius 1 is 1.80 bits per heavy atom. The Balaban J connectivity index is 0.00000196. The first-order valence-corrected chi connectivity index (χ1v) is 4.50. The van der Waals surface area contributed by atoms with Gasteiger partial charge >= 0.3 is 5.82 Å². The quantitative estimate of drug-likeness (QED) is 0.497. The van der Waals surface area contributed by atoms with E-state index in [1.54, 1.807) is 6.92 Å². The van der Waals surface area contributed by atoms with Crippen LogP contribution in [-0.4, -0.2) is 31.6 Å². The molecule has 0 aromatic carbocycles. The molecule has 0 radical (unpaired) electrons. The second-order valence-corrected chi connectivity index (χ2v) is 3.15. The van der Waals surface area contributed by atoms with Gasteiger partial charge in [-0.15, -0.1) is 24.0 Å². The Morgan fingerprint density at radius 3 is 2.87 bits per heavy atom. The molecule has 0 aliphatic carbocycles. The average Bonchev–Trinajstić information content (AvgIpc) is 2.48. The van der Waals surface area contributed by atoms with Gasteiger partial charge in [-0.2, -0.15) is 0 Å². The predicted octanol–water partition coefficient (Wildman–Crippen LogP) is 1.12. The third kappa shape index (κ3) is 3.33. The molecule has 1 N–H and O–H groups in total. The monoisotopic (exact) mass is 255 g/mol. The van der Waals surface area contributed by atoms with E-state index in [-0.39, 0.29) is 30.6 Å². The molecule has 0 aliphatic rings. The first-order chi connectivity index (χ1) is 6.56. The fourth-order valence-corrected chi connectivity index (χ4v) is 1.18. The average molecular weight is 256 g/mol. The summed E-state index contributed by atoms with van der Waals surface area (Å²) in [5.41, 5.74) is 0. The van der Waals surface area contributed by atoms with Crippen LogP contribution in [-0.2, 0) is 6.54 Å². The van der Waals surface area contributed by atoms with E-state index >= 15 is 0 Å². The van der Waals surface area contributed by atoms with Gasteiger partial charge in [0, 0.05) is 6.92 Å². The smallest absolute Gasteiger partial charge is 0.342 e. The number of rotatable bonds is 4. The lowest BCUT2D eigenvalue weighted by atomic mass is 10.4. The van der Waals surface area contributed by atoms with Crippen LogP contribution in [0.15, 0.2) is 6.20 Å². The van der Waals surface area contributed by atoms with Crippen LogP contribution in [0, 0.1) is 17.0 Å². The molecule has 6 nitrogen and oxygen atoms in total. The standard InChI is InChI=1S/C7H10ClN3O3.ClH/c1-5-9-3-7(11(13)14)10(5)4-6(12)2-8;/h3,6,12H,2,4H2,1H3;1H/t6-;/m1./s1. The van der Waals surface area contributed by atoms with E-state index in [2.05, 4.69) is 4.98 Å². The SMILES string of the molecule is Cc1ncc([N+](=O)[O-])n1C[C@H](O)CCl.Cl. The van der Waals surface area contributed by atoms with Crippen molar-refractivity contribution in [1.82, 2.24) is 9.55 Å². The van der Waals surface area contributed by atoms with Crippen molar-refractivity contribution in [3.05, 3.63) is 22.1 Å². The van der Waals surface area contributed by atoms with Crippen LogP contribution in [0.25, 0.3) is 0 Å². The normalized spacial score (nSPS) is 11.9. The van der Waals surface area contributed by atoms with Crippen LogP contribution in [0.2, 0.25) is 0 Å². The molecule has 1 heterocycles. The number of aromatic nitrogens is 2. The maximum absolute atomic E-state index is 10.5. The van der Waals surface area contributed by atoms with Gasteiger partial charge in [0.25, 0.3) is 0 Å². The Labute approximate surface area is 97.4 Å². The molecular weight excluding hydrogens is 245 g/mol. The Kier molecular flexibility index (Phi) is 5.56. The Bertz CT molecular complexity index is 342. The van der Waals surface area contributed by atoms with E-state index in [4.69, 9.17) is 11.6 Å². The molecule has 0 saturated heterocycles. The lowest BCUT2D eigenvalue weighted by molar-refractivity contribution is -0.392. The van der Waals surface area contributed by atoms with Gasteiger partial charge < -0.3 is 15.2 Å². The third-order valence-corrected chi connectivity index (χ3v) is 2.15. The summed E-state index contributed by atoms with van der Waals surface area (Å²) < 4.78 is 1.33. The van der Waals surface area contributed by atoms with Gasteiger partial charge in [0.1, 0.15) is 18.8 Å². The maximum atomic E-state index is 10.5. The summed E-state index contributed by atoms with van der Waals surface area (Å²) in [6, 6.07) is 0. The van der Waals surface area contributed by atoms with Gasteiger partial charge in [0.2, 0.25) is 0 Å². The number of hydrogen-bond donors (Lipinski definition) is 1. The lowest BCUT2D eigenvalue weighted by Gasteiger charge is -2.06. The summed E-state index contributed by atoms with van der Waals surface area (Å²) in [5.74, 6) is 0.391. The van der Waals surface area contributed by atoms with Gasteiger partial charge in [0.15, 0.2) is 5.82 Å². The van der Waals surface area contributed by atoms with Crippen LogP contribution < -0.4 is 0 Å². The molecule has 1 rings (SSSR count). The summed E-state index contributed by atoms with van der Waals surface area (Å²) >= 11 is 5.40. The Hall–Kier alpha value is -0.850. The van der Waals surface area contributed by atoms with Gasteiger partial charge in [-0.05, 0) is 4.92 Å². The van der Waals surface area contributed by atoms with Crippen LogP contribution in [0.4, 0.5) is 5.82 Å². The zero-order valence-corrected chi connectivity index (χ0v) is 9.53. The van der Waals surface area contributed by atoms with Gasteiger partial charge in [-0.3, -0.25) is 0 Å². The van der Waals surface area contributed by atoms with Crippen molar-refractivity contribution >= 4 is 29.8 Å². The van der Waals surface area contributed by atoms with Crippen molar-refractivity contribution in [2.45, 2.75) is 19.6 Å². The topological polar surface area (TPSA) is 81.2 Å². The fourth-order valence-electron chi connectivity index (χ4n) is 1.09. The molecular formula is C7H11Cl2N3O3. The zero-order valence-electron chi connectivity index (χ0n) is 7.96. The molecule has 86 valence electrons. The minimum Gasteiger partial charge on any atom is -0.388 e. The summed E-state index contributed by atoms with van der Waals surface area (Å²) in [7, 11) is 0. The van der Waals surface area contributed by atoms with Crippen molar-refractivity contribution < 1.29 is 10.0 Å². The summed E-state index contributed by atoms with van der Waals surface area (Å²) in [6.07, 6.45) is 0.360. The molecule has 0 fully saturated rings. The molecule has 0 unspecified atom stereocenters. The molecule has 0 spiro atoms. The maximum Gasteiger partial charge on any atom is 0.342 e. The molecule has 15 heavy (non-hydrogen) atoms. The highest BCUT2D eigenvalue weighted by molar-refractivity contribution is 6.18. The van der Waals surface area contributed by atoms with Crippen LogP contribution in [0.1, 0.15) is 5.82 Å².